The van der Waals surface area contributed by atoms with Crippen molar-refractivity contribution in [2.45, 2.75) is 6.42 Å². The Hall–Kier alpha value is -1.89. The first-order chi connectivity index (χ1) is 8.67. The molecule has 1 rings (SSSR count). The number of carbonyl (C=O) groups excluding carboxylic acids is 1. The average Bonchev–Trinajstić information content (AvgIpc) is 2.39. The van der Waals surface area contributed by atoms with Crippen LogP contribution in [0.1, 0.15) is 6.42 Å². The van der Waals surface area contributed by atoms with Gasteiger partial charge in [-0.3, -0.25) is 4.79 Å². The number of rotatable bonds is 5. The molecule has 1 aromatic carbocycles. The van der Waals surface area contributed by atoms with Gasteiger partial charge in [0, 0.05) is 12.2 Å². The summed E-state index contributed by atoms with van der Waals surface area (Å²) >= 11 is 1.24. The average molecular weight is 268 g/mol. The molecule has 6 nitrogen and oxygen atoms in total. The van der Waals surface area contributed by atoms with Crippen molar-refractivity contribution in [1.29, 1.82) is 0 Å². The van der Waals surface area contributed by atoms with Crippen LogP contribution < -0.4 is 21.6 Å². The van der Waals surface area contributed by atoms with Gasteiger partial charge in [0.1, 0.15) is 5.75 Å². The maximum atomic E-state index is 11.7. The van der Waals surface area contributed by atoms with E-state index < -0.39 is 0 Å². The highest BCUT2D eigenvalue weighted by molar-refractivity contribution is 8.13. The molecule has 98 valence electrons. The number of carbonyl (C=O) groups is 1. The monoisotopic (exact) mass is 268 g/mol. The van der Waals surface area contributed by atoms with E-state index in [0.717, 1.165) is 0 Å². The lowest BCUT2D eigenvalue weighted by molar-refractivity contribution is -0.115. The predicted octanol–water partition coefficient (Wildman–Crippen LogP) is 0.945. The van der Waals surface area contributed by atoms with Crippen LogP contribution in [0.3, 0.4) is 0 Å². The fourth-order valence-corrected chi connectivity index (χ4v) is 1.82. The standard InChI is InChI=1S/C11H16N4O2S/c1-17-9-5-3-2-4-8(9)14-10(16)6-7-18-11(12)15-13/h2-5H,6-7,13H2,1H3,(H2,12,15)(H,14,16). The highest BCUT2D eigenvalue weighted by Crippen LogP contribution is 2.23. The second kappa shape index (κ2) is 7.44. The van der Waals surface area contributed by atoms with Crippen LogP contribution in [0.5, 0.6) is 5.75 Å². The molecule has 0 aromatic heterocycles. The lowest BCUT2D eigenvalue weighted by Crippen LogP contribution is -2.15. The fourth-order valence-electron chi connectivity index (χ4n) is 1.25. The summed E-state index contributed by atoms with van der Waals surface area (Å²) in [5.41, 5.74) is 6.04. The van der Waals surface area contributed by atoms with Gasteiger partial charge in [0.25, 0.3) is 0 Å². The largest absolute Gasteiger partial charge is 0.495 e. The third-order valence-corrected chi connectivity index (χ3v) is 2.90. The Labute approximate surface area is 110 Å². The number of methoxy groups -OCH3 is 1. The molecule has 7 heteroatoms. The maximum absolute atomic E-state index is 11.7. The van der Waals surface area contributed by atoms with Gasteiger partial charge in [-0.1, -0.05) is 23.9 Å². The summed E-state index contributed by atoms with van der Waals surface area (Å²) in [5, 5.41) is 6.33. The van der Waals surface area contributed by atoms with Crippen LogP contribution in [-0.4, -0.2) is 23.9 Å². The van der Waals surface area contributed by atoms with Crippen molar-refractivity contribution in [3.8, 4) is 5.75 Å². The Bertz CT molecular complexity index is 437. The Morgan fingerprint density at radius 2 is 2.22 bits per heavy atom. The van der Waals surface area contributed by atoms with E-state index in [9.17, 15) is 4.79 Å². The third-order valence-electron chi connectivity index (χ3n) is 2.09. The van der Waals surface area contributed by atoms with Gasteiger partial charge in [-0.25, -0.2) is 0 Å². The number of thioether (sulfide) groups is 1. The maximum Gasteiger partial charge on any atom is 0.225 e. The number of benzene rings is 1. The van der Waals surface area contributed by atoms with Gasteiger partial charge < -0.3 is 21.6 Å². The van der Waals surface area contributed by atoms with Gasteiger partial charge in [-0.05, 0) is 12.1 Å². The Morgan fingerprint density at radius 1 is 1.50 bits per heavy atom. The summed E-state index contributed by atoms with van der Waals surface area (Å²) < 4.78 is 5.13. The smallest absolute Gasteiger partial charge is 0.225 e. The van der Waals surface area contributed by atoms with Gasteiger partial charge in [0.2, 0.25) is 5.91 Å². The number of nitrogens with one attached hydrogen (secondary N) is 1. The van der Waals surface area contributed by atoms with Gasteiger partial charge in [-0.2, -0.15) is 5.10 Å². The molecule has 0 aliphatic carbocycles. The van der Waals surface area contributed by atoms with E-state index in [1.54, 1.807) is 19.2 Å². The van der Waals surface area contributed by atoms with E-state index in [-0.39, 0.29) is 11.1 Å². The van der Waals surface area contributed by atoms with Gasteiger partial charge in [0.15, 0.2) is 5.17 Å². The van der Waals surface area contributed by atoms with Crippen LogP contribution in [0, 0.1) is 0 Å². The van der Waals surface area contributed by atoms with Crippen molar-refractivity contribution < 1.29 is 9.53 Å². The molecule has 0 unspecified atom stereocenters. The number of amidine groups is 1. The molecule has 0 aliphatic heterocycles. The highest BCUT2D eigenvalue weighted by Gasteiger charge is 2.07. The zero-order valence-corrected chi connectivity index (χ0v) is 10.9. The number of anilines is 1. The molecule has 18 heavy (non-hydrogen) atoms. The molecular formula is C11H16N4O2S. The quantitative estimate of drug-likeness (QED) is 0.319. The van der Waals surface area contributed by atoms with Crippen molar-refractivity contribution in [1.82, 2.24) is 0 Å². The summed E-state index contributed by atoms with van der Waals surface area (Å²) in [6.07, 6.45) is 0.318. The minimum Gasteiger partial charge on any atom is -0.495 e. The van der Waals surface area contributed by atoms with Crippen LogP contribution in [0.15, 0.2) is 29.4 Å². The molecule has 0 saturated carbocycles. The van der Waals surface area contributed by atoms with Crippen molar-refractivity contribution >= 4 is 28.5 Å². The highest BCUT2D eigenvalue weighted by atomic mass is 32.2. The lowest BCUT2D eigenvalue weighted by Gasteiger charge is -2.09. The normalized spacial score (nSPS) is 11.1. The van der Waals surface area contributed by atoms with Crippen molar-refractivity contribution in [2.24, 2.45) is 16.7 Å². The lowest BCUT2D eigenvalue weighted by atomic mass is 10.3. The zero-order chi connectivity index (χ0) is 13.4. The first-order valence-corrected chi connectivity index (χ1v) is 6.25. The third kappa shape index (κ3) is 4.54. The number of nitrogens with zero attached hydrogens (tertiary/aromatic N) is 1. The summed E-state index contributed by atoms with van der Waals surface area (Å²) in [6, 6.07) is 7.22. The SMILES string of the molecule is COc1ccccc1NC(=O)CCSC(N)=NN. The topological polar surface area (TPSA) is 103 Å². The van der Waals surface area contributed by atoms with E-state index >= 15 is 0 Å². The molecule has 0 spiro atoms. The summed E-state index contributed by atoms with van der Waals surface area (Å²) in [5.74, 6) is 6.01. The number of nitrogens with two attached hydrogens (primary N) is 2. The fraction of sp³-hybridized carbons (Fsp3) is 0.273. The molecule has 0 bridgehead atoms. The summed E-state index contributed by atoms with van der Waals surface area (Å²) in [4.78, 5) is 11.7. The Balaban J connectivity index is 2.45. The van der Waals surface area contributed by atoms with Crippen LogP contribution in [0.25, 0.3) is 0 Å². The van der Waals surface area contributed by atoms with Gasteiger partial charge >= 0.3 is 0 Å². The summed E-state index contributed by atoms with van der Waals surface area (Å²) in [7, 11) is 1.55. The first kappa shape index (κ1) is 14.2. The predicted molar refractivity (Wildman–Crippen MR) is 74.5 cm³/mol. The van der Waals surface area contributed by atoms with Crippen molar-refractivity contribution in [2.75, 3.05) is 18.2 Å². The molecular weight excluding hydrogens is 252 g/mol. The summed E-state index contributed by atoms with van der Waals surface area (Å²) in [6.45, 7) is 0. The number of para-hydroxylation sites is 2. The molecule has 0 fully saturated rings. The molecule has 0 aliphatic rings. The van der Waals surface area contributed by atoms with Gasteiger partial charge in [-0.15, -0.1) is 0 Å². The van der Waals surface area contributed by atoms with E-state index in [1.165, 1.54) is 11.8 Å². The Morgan fingerprint density at radius 3 is 2.89 bits per heavy atom. The molecule has 0 atom stereocenters. The second-order valence-electron chi connectivity index (χ2n) is 3.31. The number of hydrazone groups is 1. The van der Waals surface area contributed by atoms with E-state index in [4.69, 9.17) is 16.3 Å². The zero-order valence-electron chi connectivity index (χ0n) is 10.1. The molecule has 0 saturated heterocycles. The van der Waals surface area contributed by atoms with E-state index in [1.807, 2.05) is 12.1 Å². The van der Waals surface area contributed by atoms with Crippen LogP contribution >= 0.6 is 11.8 Å². The van der Waals surface area contributed by atoms with Crippen LogP contribution in [-0.2, 0) is 4.79 Å². The van der Waals surface area contributed by atoms with Crippen LogP contribution in [0.2, 0.25) is 0 Å². The Kier molecular flexibility index (Phi) is 5.86. The van der Waals surface area contributed by atoms with Gasteiger partial charge in [0.05, 0.1) is 12.8 Å². The van der Waals surface area contributed by atoms with E-state index in [0.29, 0.717) is 23.6 Å². The molecule has 5 N–H and O–H groups in total. The van der Waals surface area contributed by atoms with Crippen molar-refractivity contribution in [3.63, 3.8) is 0 Å². The minimum absolute atomic E-state index is 0.114. The number of amides is 1. The number of hydrogen-bond acceptors (Lipinski definition) is 5. The first-order valence-electron chi connectivity index (χ1n) is 5.26. The molecule has 0 radical (unpaired) electrons. The van der Waals surface area contributed by atoms with E-state index in [2.05, 4.69) is 10.4 Å². The number of ether oxygens (including phenoxy) is 1. The molecule has 1 amide bonds. The molecule has 1 aromatic rings. The number of hydrogen-bond donors (Lipinski definition) is 3. The second-order valence-corrected chi connectivity index (χ2v) is 4.43. The van der Waals surface area contributed by atoms with Crippen LogP contribution in [0.4, 0.5) is 5.69 Å². The minimum atomic E-state index is -0.114. The van der Waals surface area contributed by atoms with Crippen molar-refractivity contribution in [3.05, 3.63) is 24.3 Å². The molecule has 0 heterocycles.